The normalized spacial score (nSPS) is 22.6. The number of nitrogens with zero attached hydrogens (tertiary/aromatic N) is 1. The van der Waals surface area contributed by atoms with Crippen molar-refractivity contribution in [1.82, 2.24) is 5.32 Å². The molecule has 0 bridgehead atoms. The van der Waals surface area contributed by atoms with Crippen molar-refractivity contribution < 1.29 is 4.92 Å². The summed E-state index contributed by atoms with van der Waals surface area (Å²) in [4.78, 5) is 10.5. The number of hydrogen-bond acceptors (Lipinski definition) is 3. The molecule has 0 amide bonds. The van der Waals surface area contributed by atoms with E-state index >= 15 is 0 Å². The van der Waals surface area contributed by atoms with Gasteiger partial charge in [0.05, 0.1) is 9.40 Å². The van der Waals surface area contributed by atoms with Crippen LogP contribution >= 0.6 is 15.9 Å². The fraction of sp³-hybridized carbons (Fsp3) is 0.571. The second-order valence-corrected chi connectivity index (χ2v) is 6.10. The highest BCUT2D eigenvalue weighted by Crippen LogP contribution is 2.31. The van der Waals surface area contributed by atoms with E-state index in [1.807, 2.05) is 6.07 Å². The highest BCUT2D eigenvalue weighted by Gasteiger charge is 2.22. The predicted molar refractivity (Wildman–Crippen MR) is 79.0 cm³/mol. The molecule has 5 heteroatoms. The first-order valence-corrected chi connectivity index (χ1v) is 7.51. The Kier molecular flexibility index (Phi) is 4.93. The van der Waals surface area contributed by atoms with Crippen LogP contribution in [-0.2, 0) is 6.54 Å². The van der Waals surface area contributed by atoms with Crippen LogP contribution in [0.4, 0.5) is 5.69 Å². The lowest BCUT2D eigenvalue weighted by Gasteiger charge is -2.16. The van der Waals surface area contributed by atoms with Crippen molar-refractivity contribution in [1.29, 1.82) is 0 Å². The molecular formula is C14H19BrN2O2. The van der Waals surface area contributed by atoms with Crippen LogP contribution in [0.5, 0.6) is 0 Å². The number of nitrogens with one attached hydrogen (secondary N) is 1. The van der Waals surface area contributed by atoms with E-state index in [-0.39, 0.29) is 10.6 Å². The van der Waals surface area contributed by atoms with Crippen molar-refractivity contribution in [2.45, 2.75) is 32.7 Å². The number of rotatable bonds is 5. The summed E-state index contributed by atoms with van der Waals surface area (Å²) in [5.74, 6) is 1.54. The summed E-state index contributed by atoms with van der Waals surface area (Å²) in [6, 6.07) is 5.17. The third kappa shape index (κ3) is 3.54. The van der Waals surface area contributed by atoms with Crippen molar-refractivity contribution in [3.63, 3.8) is 0 Å². The van der Waals surface area contributed by atoms with E-state index in [0.717, 1.165) is 23.9 Å². The summed E-state index contributed by atoms with van der Waals surface area (Å²) in [7, 11) is 0. The lowest BCUT2D eigenvalue weighted by atomic mass is 9.98. The Hall–Kier alpha value is -0.940. The largest absolute Gasteiger partial charge is 0.312 e. The van der Waals surface area contributed by atoms with E-state index < -0.39 is 0 Å². The minimum atomic E-state index is -0.355. The molecule has 0 radical (unpaired) electrons. The van der Waals surface area contributed by atoms with E-state index in [2.05, 4.69) is 28.2 Å². The van der Waals surface area contributed by atoms with Gasteiger partial charge in [0, 0.05) is 12.6 Å². The third-order valence-corrected chi connectivity index (χ3v) is 4.93. The Morgan fingerprint density at radius 2 is 2.26 bits per heavy atom. The van der Waals surface area contributed by atoms with Gasteiger partial charge in [-0.3, -0.25) is 10.1 Å². The zero-order valence-corrected chi connectivity index (χ0v) is 12.6. The highest BCUT2D eigenvalue weighted by atomic mass is 79.9. The number of benzene rings is 1. The van der Waals surface area contributed by atoms with Gasteiger partial charge in [-0.1, -0.05) is 31.9 Å². The van der Waals surface area contributed by atoms with Gasteiger partial charge in [0.2, 0.25) is 0 Å². The molecule has 4 nitrogen and oxygen atoms in total. The van der Waals surface area contributed by atoms with E-state index in [0.29, 0.717) is 11.0 Å². The molecule has 1 aromatic carbocycles. The summed E-state index contributed by atoms with van der Waals surface area (Å²) >= 11 is 3.33. The Bertz CT molecular complexity index is 465. The third-order valence-electron chi connectivity index (χ3n) is 4.02. The minimum Gasteiger partial charge on any atom is -0.312 e. The van der Waals surface area contributed by atoms with Gasteiger partial charge >= 0.3 is 0 Å². The summed E-state index contributed by atoms with van der Waals surface area (Å²) in [5, 5.41) is 14.3. The maximum Gasteiger partial charge on any atom is 0.283 e. The topological polar surface area (TPSA) is 55.2 Å². The fourth-order valence-corrected chi connectivity index (χ4v) is 3.31. The average molecular weight is 327 g/mol. The molecule has 0 aliphatic heterocycles. The summed E-state index contributed by atoms with van der Waals surface area (Å²) in [6.07, 6.45) is 3.95. The van der Waals surface area contributed by atoms with Crippen LogP contribution < -0.4 is 5.32 Å². The standard InChI is InChI=1S/C14H19BrN2O2/c1-10-4-2-5-11(10)8-16-9-12-6-3-7-13(14(12)15)17(18)19/h3,6-7,10-11,16H,2,4-5,8-9H2,1H3. The van der Waals surface area contributed by atoms with Gasteiger partial charge in [0.25, 0.3) is 5.69 Å². The van der Waals surface area contributed by atoms with Gasteiger partial charge in [0.15, 0.2) is 0 Å². The zero-order chi connectivity index (χ0) is 13.8. The van der Waals surface area contributed by atoms with Crippen LogP contribution in [0.3, 0.4) is 0 Å². The first kappa shape index (κ1) is 14.5. The lowest BCUT2D eigenvalue weighted by molar-refractivity contribution is -0.385. The minimum absolute atomic E-state index is 0.133. The SMILES string of the molecule is CC1CCCC1CNCc1cccc([N+](=O)[O-])c1Br. The first-order valence-electron chi connectivity index (χ1n) is 6.72. The second-order valence-electron chi connectivity index (χ2n) is 5.31. The average Bonchev–Trinajstić information content (AvgIpc) is 2.77. The molecule has 1 aliphatic rings. The van der Waals surface area contributed by atoms with Crippen LogP contribution in [0.1, 0.15) is 31.7 Å². The lowest BCUT2D eigenvalue weighted by Crippen LogP contribution is -2.24. The van der Waals surface area contributed by atoms with Crippen LogP contribution in [0.2, 0.25) is 0 Å². The zero-order valence-electron chi connectivity index (χ0n) is 11.1. The Morgan fingerprint density at radius 3 is 2.89 bits per heavy atom. The Labute approximate surface area is 121 Å². The quantitative estimate of drug-likeness (QED) is 0.659. The number of hydrogen-bond donors (Lipinski definition) is 1. The molecule has 2 rings (SSSR count). The van der Waals surface area contributed by atoms with Crippen molar-refractivity contribution in [3.8, 4) is 0 Å². The van der Waals surface area contributed by atoms with Crippen molar-refractivity contribution >= 4 is 21.6 Å². The van der Waals surface area contributed by atoms with Gasteiger partial charge < -0.3 is 5.32 Å². The highest BCUT2D eigenvalue weighted by molar-refractivity contribution is 9.10. The van der Waals surface area contributed by atoms with Crippen molar-refractivity contribution in [2.24, 2.45) is 11.8 Å². The van der Waals surface area contributed by atoms with Crippen molar-refractivity contribution in [3.05, 3.63) is 38.3 Å². The summed E-state index contributed by atoms with van der Waals surface area (Å²) < 4.78 is 0.590. The number of nitro groups is 1. The molecule has 0 saturated heterocycles. The number of nitro benzene ring substituents is 1. The van der Waals surface area contributed by atoms with Crippen molar-refractivity contribution in [2.75, 3.05) is 6.54 Å². The molecule has 0 spiro atoms. The van der Waals surface area contributed by atoms with Crippen LogP contribution in [0, 0.1) is 22.0 Å². The molecule has 19 heavy (non-hydrogen) atoms. The Morgan fingerprint density at radius 1 is 1.47 bits per heavy atom. The maximum atomic E-state index is 10.9. The van der Waals surface area contributed by atoms with Gasteiger partial charge in [-0.25, -0.2) is 0 Å². The van der Waals surface area contributed by atoms with Gasteiger partial charge in [-0.05, 0) is 46.3 Å². The smallest absolute Gasteiger partial charge is 0.283 e. The second kappa shape index (κ2) is 6.48. The van der Waals surface area contributed by atoms with Crippen LogP contribution in [-0.4, -0.2) is 11.5 Å². The maximum absolute atomic E-state index is 10.9. The summed E-state index contributed by atoms with van der Waals surface area (Å²) in [6.45, 7) is 3.98. The molecule has 1 saturated carbocycles. The molecule has 0 aromatic heterocycles. The van der Waals surface area contributed by atoms with E-state index in [4.69, 9.17) is 0 Å². The molecule has 1 N–H and O–H groups in total. The monoisotopic (exact) mass is 326 g/mol. The summed E-state index contributed by atoms with van der Waals surface area (Å²) in [5.41, 5.74) is 1.08. The van der Waals surface area contributed by atoms with E-state index in [9.17, 15) is 10.1 Å². The van der Waals surface area contributed by atoms with Crippen LogP contribution in [0.15, 0.2) is 22.7 Å². The van der Waals surface area contributed by atoms with Crippen LogP contribution in [0.25, 0.3) is 0 Å². The molecule has 1 fully saturated rings. The van der Waals surface area contributed by atoms with Gasteiger partial charge in [-0.15, -0.1) is 0 Å². The predicted octanol–water partition coefficient (Wildman–Crippen LogP) is 3.88. The van der Waals surface area contributed by atoms with Gasteiger partial charge in [-0.2, -0.15) is 0 Å². The van der Waals surface area contributed by atoms with E-state index in [1.165, 1.54) is 25.3 Å². The Balaban J connectivity index is 1.92. The van der Waals surface area contributed by atoms with Gasteiger partial charge in [0.1, 0.15) is 0 Å². The molecule has 1 aliphatic carbocycles. The first-order chi connectivity index (χ1) is 9.09. The molecule has 0 heterocycles. The molecule has 2 atom stereocenters. The molecule has 2 unspecified atom stereocenters. The molecule has 104 valence electrons. The molecular weight excluding hydrogens is 308 g/mol. The number of halogens is 1. The van der Waals surface area contributed by atoms with E-state index in [1.54, 1.807) is 6.07 Å². The molecule has 1 aromatic rings. The fourth-order valence-electron chi connectivity index (χ4n) is 2.76.